The van der Waals surface area contributed by atoms with Crippen LogP contribution in [0.15, 0.2) is 12.2 Å². The molecule has 0 amide bonds. The summed E-state index contributed by atoms with van der Waals surface area (Å²) in [6, 6.07) is 0. The van der Waals surface area contributed by atoms with E-state index in [1.807, 2.05) is 11.8 Å². The van der Waals surface area contributed by atoms with E-state index >= 15 is 0 Å². The summed E-state index contributed by atoms with van der Waals surface area (Å²) >= 11 is 1.97. The molecule has 25 heavy (non-hydrogen) atoms. The van der Waals surface area contributed by atoms with Crippen molar-refractivity contribution in [1.29, 1.82) is 0 Å². The molecule has 4 saturated carbocycles. The van der Waals surface area contributed by atoms with Crippen LogP contribution in [0, 0.1) is 46.3 Å². The quantitative estimate of drug-likeness (QED) is 0.686. The molecule has 0 N–H and O–H groups in total. The van der Waals surface area contributed by atoms with Crippen molar-refractivity contribution in [2.24, 2.45) is 46.3 Å². The summed E-state index contributed by atoms with van der Waals surface area (Å²) in [5.74, 6) is 4.74. The zero-order chi connectivity index (χ0) is 17.6. The normalized spacial score (nSPS) is 54.6. The zero-order valence-electron chi connectivity index (χ0n) is 16.0. The van der Waals surface area contributed by atoms with E-state index in [-0.39, 0.29) is 23.5 Å². The van der Waals surface area contributed by atoms with Crippen LogP contribution in [0.1, 0.15) is 46.5 Å². The lowest BCUT2D eigenvalue weighted by Gasteiger charge is -2.43. The predicted octanol–water partition coefficient (Wildman–Crippen LogP) is 4.59. The molecule has 5 rings (SSSR count). The Balaban J connectivity index is 1.40. The minimum absolute atomic E-state index is 0.140. The lowest BCUT2D eigenvalue weighted by atomic mass is 9.69. The highest BCUT2D eigenvalue weighted by atomic mass is 32.2. The molecular weight excluding hydrogens is 328 g/mol. The van der Waals surface area contributed by atoms with Gasteiger partial charge in [0, 0.05) is 17.1 Å². The van der Waals surface area contributed by atoms with Crippen molar-refractivity contribution >= 4 is 17.5 Å². The zero-order valence-corrected chi connectivity index (χ0v) is 16.9. The third-order valence-electron chi connectivity index (χ3n) is 9.28. The smallest absolute Gasteiger partial charge is 0.165 e. The number of ketones is 1. The Morgan fingerprint density at radius 3 is 2.68 bits per heavy atom. The average Bonchev–Trinajstić information content (AvgIpc) is 3.33. The third kappa shape index (κ3) is 1.95. The van der Waals surface area contributed by atoms with Crippen molar-refractivity contribution in [3.05, 3.63) is 12.2 Å². The molecule has 3 heteroatoms. The van der Waals surface area contributed by atoms with Crippen LogP contribution < -0.4 is 0 Å². The molecule has 4 bridgehead atoms. The first-order chi connectivity index (χ1) is 11.9. The molecule has 0 saturated heterocycles. The van der Waals surface area contributed by atoms with E-state index < -0.39 is 0 Å². The van der Waals surface area contributed by atoms with Gasteiger partial charge in [0.2, 0.25) is 0 Å². The van der Waals surface area contributed by atoms with Crippen molar-refractivity contribution < 1.29 is 9.53 Å². The Morgan fingerprint density at radius 1 is 1.24 bits per heavy atom. The van der Waals surface area contributed by atoms with Gasteiger partial charge in [-0.2, -0.15) is 11.8 Å². The van der Waals surface area contributed by atoms with Crippen LogP contribution >= 0.6 is 11.8 Å². The minimum Gasteiger partial charge on any atom is -0.366 e. The molecule has 0 aromatic carbocycles. The van der Waals surface area contributed by atoms with Gasteiger partial charge in [0.1, 0.15) is 6.10 Å². The fraction of sp³-hybridized carbons (Fsp3) is 0.864. The summed E-state index contributed by atoms with van der Waals surface area (Å²) in [7, 11) is 0. The Kier molecular flexibility index (Phi) is 3.63. The molecule has 2 nitrogen and oxygen atoms in total. The largest absolute Gasteiger partial charge is 0.366 e. The molecule has 4 fully saturated rings. The number of Topliss-reactive ketones (excluding diaryl/α,β-unsaturated/α-hetero) is 1. The van der Waals surface area contributed by atoms with E-state index in [9.17, 15) is 4.79 Å². The summed E-state index contributed by atoms with van der Waals surface area (Å²) in [5, 5.41) is 0. The summed E-state index contributed by atoms with van der Waals surface area (Å²) in [5.41, 5.74) is 0.619. The van der Waals surface area contributed by atoms with Crippen LogP contribution in [0.25, 0.3) is 0 Å². The van der Waals surface area contributed by atoms with Crippen LogP contribution in [-0.4, -0.2) is 30.0 Å². The number of carbonyl (C=O) groups excluding carboxylic acids is 1. The molecule has 9 atom stereocenters. The van der Waals surface area contributed by atoms with Gasteiger partial charge in [-0.15, -0.1) is 0 Å². The molecule has 0 radical (unpaired) electrons. The van der Waals surface area contributed by atoms with Crippen LogP contribution in [0.2, 0.25) is 0 Å². The van der Waals surface area contributed by atoms with Crippen molar-refractivity contribution in [3.63, 3.8) is 0 Å². The maximum atomic E-state index is 13.2. The Hall–Kier alpha value is -0.280. The summed E-state index contributed by atoms with van der Waals surface area (Å²) in [6.45, 7) is 7.22. The highest BCUT2D eigenvalue weighted by Gasteiger charge is 2.66. The standard InChI is InChI=1S/C22H32O2S/c1-12-17-13-5-6-14(9-13)18(17)19(23)20(12)24-16-10-15-7-8-22(16,11-25-4)21(15,2)3/h5-6,12-18,20H,7-11H2,1-4H3/t12-,13-,14+,15-,16-,17+,18-,20-,22-/m1/s1. The van der Waals surface area contributed by atoms with Gasteiger partial charge in [-0.05, 0) is 66.9 Å². The number of carbonyl (C=O) groups is 1. The molecule has 0 spiro atoms. The number of rotatable bonds is 4. The number of allylic oxidation sites excluding steroid dienone is 2. The second kappa shape index (κ2) is 5.38. The van der Waals surface area contributed by atoms with Gasteiger partial charge < -0.3 is 4.74 Å². The molecule has 0 heterocycles. The first-order valence-corrected chi connectivity index (χ1v) is 11.7. The van der Waals surface area contributed by atoms with Crippen molar-refractivity contribution in [1.82, 2.24) is 0 Å². The predicted molar refractivity (Wildman–Crippen MR) is 102 cm³/mol. The number of hydrogen-bond acceptors (Lipinski definition) is 3. The lowest BCUT2D eigenvalue weighted by Crippen LogP contribution is -2.45. The van der Waals surface area contributed by atoms with Crippen molar-refractivity contribution in [2.75, 3.05) is 12.0 Å². The topological polar surface area (TPSA) is 26.3 Å². The lowest BCUT2D eigenvalue weighted by molar-refractivity contribution is -0.144. The minimum atomic E-state index is -0.140. The monoisotopic (exact) mass is 360 g/mol. The average molecular weight is 361 g/mol. The second-order valence-corrected chi connectivity index (χ2v) is 11.0. The fourth-order valence-corrected chi connectivity index (χ4v) is 9.00. The molecule has 0 unspecified atom stereocenters. The maximum Gasteiger partial charge on any atom is 0.165 e. The molecule has 5 aliphatic carbocycles. The first-order valence-electron chi connectivity index (χ1n) is 10.3. The first kappa shape index (κ1) is 16.9. The molecule has 0 aromatic rings. The molecule has 138 valence electrons. The fourth-order valence-electron chi connectivity index (χ4n) is 7.78. The second-order valence-electron chi connectivity index (χ2n) is 10.1. The Morgan fingerprint density at radius 2 is 2.00 bits per heavy atom. The highest BCUT2D eigenvalue weighted by Crippen LogP contribution is 2.68. The number of hydrogen-bond donors (Lipinski definition) is 0. The van der Waals surface area contributed by atoms with E-state index in [2.05, 4.69) is 39.2 Å². The van der Waals surface area contributed by atoms with Gasteiger partial charge in [0.15, 0.2) is 5.78 Å². The summed E-state index contributed by atoms with van der Waals surface area (Å²) in [6.07, 6.45) is 12.1. The summed E-state index contributed by atoms with van der Waals surface area (Å²) in [4.78, 5) is 13.2. The molecular formula is C22H32O2S. The van der Waals surface area contributed by atoms with Crippen molar-refractivity contribution in [3.8, 4) is 0 Å². The summed E-state index contributed by atoms with van der Waals surface area (Å²) < 4.78 is 6.79. The van der Waals surface area contributed by atoms with E-state index in [0.717, 1.165) is 5.92 Å². The molecule has 0 aliphatic heterocycles. The SMILES string of the molecule is CSC[C@]12CC[C@H](C[C@H]1O[C@H]1C(=O)[C@H]3[C@@H]([C@H]1C)[C@@H]1C=C[C@H]3C1)C2(C)C. The van der Waals surface area contributed by atoms with Gasteiger partial charge in [0.25, 0.3) is 0 Å². The molecule has 0 aromatic heterocycles. The van der Waals surface area contributed by atoms with E-state index in [0.29, 0.717) is 34.9 Å². The van der Waals surface area contributed by atoms with Gasteiger partial charge in [-0.3, -0.25) is 4.79 Å². The van der Waals surface area contributed by atoms with Crippen LogP contribution in [0.5, 0.6) is 0 Å². The van der Waals surface area contributed by atoms with Crippen molar-refractivity contribution in [2.45, 2.75) is 58.7 Å². The third-order valence-corrected chi connectivity index (χ3v) is 10.1. The van der Waals surface area contributed by atoms with Gasteiger partial charge in [-0.25, -0.2) is 0 Å². The Labute approximate surface area is 156 Å². The Bertz CT molecular complexity index is 626. The number of thioether (sulfide) groups is 1. The van der Waals surface area contributed by atoms with Gasteiger partial charge in [0.05, 0.1) is 6.10 Å². The highest BCUT2D eigenvalue weighted by molar-refractivity contribution is 7.98. The molecule has 5 aliphatic rings. The van der Waals surface area contributed by atoms with Crippen LogP contribution in [0.3, 0.4) is 0 Å². The van der Waals surface area contributed by atoms with E-state index in [1.54, 1.807) is 0 Å². The van der Waals surface area contributed by atoms with Gasteiger partial charge >= 0.3 is 0 Å². The maximum absolute atomic E-state index is 13.2. The van der Waals surface area contributed by atoms with Gasteiger partial charge in [-0.1, -0.05) is 32.9 Å². The van der Waals surface area contributed by atoms with E-state index in [1.165, 1.54) is 31.4 Å². The number of ether oxygens (including phenoxy) is 1. The number of fused-ring (bicyclic) bond motifs is 7. The van der Waals surface area contributed by atoms with Crippen LogP contribution in [0.4, 0.5) is 0 Å². The van der Waals surface area contributed by atoms with E-state index in [4.69, 9.17) is 4.74 Å². The van der Waals surface area contributed by atoms with Crippen LogP contribution in [-0.2, 0) is 9.53 Å².